The maximum atomic E-state index is 11.3. The lowest BCUT2D eigenvalue weighted by Gasteiger charge is -2.34. The summed E-state index contributed by atoms with van der Waals surface area (Å²) in [6, 6.07) is 1.64. The third kappa shape index (κ3) is 4.03. The van der Waals surface area contributed by atoms with Crippen LogP contribution in [0.1, 0.15) is 30.1 Å². The van der Waals surface area contributed by atoms with Crippen molar-refractivity contribution < 1.29 is 9.32 Å². The number of piperazine rings is 1. The van der Waals surface area contributed by atoms with E-state index in [4.69, 9.17) is 10.4 Å². The first-order chi connectivity index (χ1) is 9.58. The summed E-state index contributed by atoms with van der Waals surface area (Å²) in [5.41, 5.74) is 2.26. The van der Waals surface area contributed by atoms with E-state index in [-0.39, 0.29) is 5.69 Å². The van der Waals surface area contributed by atoms with Crippen LogP contribution in [-0.2, 0) is 6.54 Å². The smallest absolute Gasteiger partial charge is 0.287 e. The lowest BCUT2D eigenvalue weighted by Crippen LogP contribution is -2.46. The molecule has 3 N–H and O–H groups in total. The molecule has 2 rings (SSSR count). The van der Waals surface area contributed by atoms with Gasteiger partial charge in [-0.05, 0) is 5.92 Å². The fourth-order valence-electron chi connectivity index (χ4n) is 2.44. The second kappa shape index (κ2) is 6.83. The molecule has 1 aliphatic rings. The number of nitrogens with one attached hydrogen (secondary N) is 1. The van der Waals surface area contributed by atoms with Crippen LogP contribution in [0.2, 0.25) is 0 Å². The SMILES string of the molecule is CC(C)CN1CCN(Cc2cc(C(=O)NN)no2)CC1. The lowest BCUT2D eigenvalue weighted by molar-refractivity contribution is 0.0943. The zero-order valence-electron chi connectivity index (χ0n) is 12.1. The Kier molecular flexibility index (Phi) is 5.11. The third-order valence-corrected chi connectivity index (χ3v) is 3.39. The van der Waals surface area contributed by atoms with Gasteiger partial charge in [-0.3, -0.25) is 15.1 Å². The number of carbonyl (C=O) groups is 1. The summed E-state index contributed by atoms with van der Waals surface area (Å²) >= 11 is 0. The predicted octanol–water partition coefficient (Wildman–Crippen LogP) is 0.0517. The van der Waals surface area contributed by atoms with Crippen molar-refractivity contribution in [2.45, 2.75) is 20.4 Å². The Morgan fingerprint density at radius 2 is 2.05 bits per heavy atom. The van der Waals surface area contributed by atoms with E-state index >= 15 is 0 Å². The molecule has 0 bridgehead atoms. The summed E-state index contributed by atoms with van der Waals surface area (Å²) in [6.45, 7) is 10.5. The standard InChI is InChI=1S/C13H23N5O2/c1-10(2)8-17-3-5-18(6-4-17)9-11-7-12(16-20-11)13(19)15-14/h7,10H,3-6,8-9,14H2,1-2H3,(H,15,19). The normalized spacial score (nSPS) is 17.6. The molecule has 0 radical (unpaired) electrons. The van der Waals surface area contributed by atoms with Gasteiger partial charge in [-0.15, -0.1) is 0 Å². The number of nitrogens with two attached hydrogens (primary N) is 1. The van der Waals surface area contributed by atoms with Gasteiger partial charge in [0.2, 0.25) is 0 Å². The third-order valence-electron chi connectivity index (χ3n) is 3.39. The van der Waals surface area contributed by atoms with Crippen molar-refractivity contribution in [3.05, 3.63) is 17.5 Å². The fraction of sp³-hybridized carbons (Fsp3) is 0.692. The molecule has 1 aliphatic heterocycles. The summed E-state index contributed by atoms with van der Waals surface area (Å²) in [5.74, 6) is 6.02. The minimum atomic E-state index is -0.429. The van der Waals surface area contributed by atoms with Crippen LogP contribution in [-0.4, -0.2) is 53.6 Å². The highest BCUT2D eigenvalue weighted by atomic mass is 16.5. The molecular formula is C13H23N5O2. The number of nitrogen functional groups attached to an aromatic ring is 1. The van der Waals surface area contributed by atoms with Gasteiger partial charge in [0.05, 0.1) is 6.54 Å². The molecule has 0 aliphatic carbocycles. The number of hydrazine groups is 1. The maximum absolute atomic E-state index is 11.3. The van der Waals surface area contributed by atoms with Gasteiger partial charge in [0.25, 0.3) is 5.91 Å². The number of hydrogen-bond donors (Lipinski definition) is 2. The van der Waals surface area contributed by atoms with E-state index in [0.717, 1.165) is 32.7 Å². The zero-order valence-corrected chi connectivity index (χ0v) is 12.1. The molecule has 0 spiro atoms. The molecule has 7 nitrogen and oxygen atoms in total. The Morgan fingerprint density at radius 3 is 2.65 bits per heavy atom. The molecule has 7 heteroatoms. The molecule has 1 amide bonds. The van der Waals surface area contributed by atoms with Crippen LogP contribution < -0.4 is 11.3 Å². The van der Waals surface area contributed by atoms with E-state index in [1.807, 2.05) is 5.43 Å². The largest absolute Gasteiger partial charge is 0.359 e. The van der Waals surface area contributed by atoms with Gasteiger partial charge in [-0.1, -0.05) is 19.0 Å². The lowest BCUT2D eigenvalue weighted by atomic mass is 10.2. The van der Waals surface area contributed by atoms with Gasteiger partial charge in [0.15, 0.2) is 11.5 Å². The summed E-state index contributed by atoms with van der Waals surface area (Å²) in [7, 11) is 0. The minimum absolute atomic E-state index is 0.223. The molecule has 20 heavy (non-hydrogen) atoms. The van der Waals surface area contributed by atoms with Crippen LogP contribution >= 0.6 is 0 Å². The Hall–Kier alpha value is -1.44. The van der Waals surface area contributed by atoms with Gasteiger partial charge in [0.1, 0.15) is 0 Å². The van der Waals surface area contributed by atoms with E-state index in [2.05, 4.69) is 28.8 Å². The average molecular weight is 281 g/mol. The highest BCUT2D eigenvalue weighted by Crippen LogP contribution is 2.11. The monoisotopic (exact) mass is 281 g/mol. The molecule has 2 heterocycles. The Bertz CT molecular complexity index is 438. The first-order valence-electron chi connectivity index (χ1n) is 6.99. The van der Waals surface area contributed by atoms with Crippen molar-refractivity contribution in [3.63, 3.8) is 0 Å². The molecule has 1 aromatic rings. The van der Waals surface area contributed by atoms with Crippen LogP contribution in [0.3, 0.4) is 0 Å². The summed E-state index contributed by atoms with van der Waals surface area (Å²) in [4.78, 5) is 16.1. The van der Waals surface area contributed by atoms with E-state index < -0.39 is 5.91 Å². The Labute approximate surface area is 119 Å². The molecule has 0 unspecified atom stereocenters. The topological polar surface area (TPSA) is 87.6 Å². The molecule has 112 valence electrons. The Balaban J connectivity index is 1.80. The van der Waals surface area contributed by atoms with Crippen LogP contribution in [0, 0.1) is 5.92 Å². The first-order valence-corrected chi connectivity index (χ1v) is 6.99. The number of carbonyl (C=O) groups excluding carboxylic acids is 1. The number of amides is 1. The van der Waals surface area contributed by atoms with Crippen molar-refractivity contribution in [2.75, 3.05) is 32.7 Å². The van der Waals surface area contributed by atoms with Crippen molar-refractivity contribution in [3.8, 4) is 0 Å². The van der Waals surface area contributed by atoms with Gasteiger partial charge in [-0.25, -0.2) is 5.84 Å². The van der Waals surface area contributed by atoms with Crippen molar-refractivity contribution in [2.24, 2.45) is 11.8 Å². The molecule has 1 aromatic heterocycles. The van der Waals surface area contributed by atoms with Crippen LogP contribution in [0.25, 0.3) is 0 Å². The van der Waals surface area contributed by atoms with Crippen molar-refractivity contribution in [1.82, 2.24) is 20.4 Å². The highest BCUT2D eigenvalue weighted by molar-refractivity contribution is 5.91. The van der Waals surface area contributed by atoms with E-state index in [1.54, 1.807) is 6.07 Å². The van der Waals surface area contributed by atoms with Crippen molar-refractivity contribution >= 4 is 5.91 Å². The predicted molar refractivity (Wildman–Crippen MR) is 74.7 cm³/mol. The molecule has 0 atom stereocenters. The number of hydrogen-bond acceptors (Lipinski definition) is 6. The molecule has 0 aromatic carbocycles. The fourth-order valence-corrected chi connectivity index (χ4v) is 2.44. The first kappa shape index (κ1) is 15.0. The second-order valence-electron chi connectivity index (χ2n) is 5.62. The highest BCUT2D eigenvalue weighted by Gasteiger charge is 2.19. The molecule has 1 saturated heterocycles. The van der Waals surface area contributed by atoms with E-state index in [9.17, 15) is 4.79 Å². The van der Waals surface area contributed by atoms with Gasteiger partial charge < -0.3 is 9.42 Å². The average Bonchev–Trinajstić information content (AvgIpc) is 2.88. The maximum Gasteiger partial charge on any atom is 0.287 e. The van der Waals surface area contributed by atoms with Crippen LogP contribution in [0.4, 0.5) is 0 Å². The zero-order chi connectivity index (χ0) is 14.5. The molecular weight excluding hydrogens is 258 g/mol. The van der Waals surface area contributed by atoms with E-state index in [0.29, 0.717) is 18.2 Å². The minimum Gasteiger partial charge on any atom is -0.359 e. The Morgan fingerprint density at radius 1 is 1.40 bits per heavy atom. The quantitative estimate of drug-likeness (QED) is 0.450. The van der Waals surface area contributed by atoms with E-state index in [1.165, 1.54) is 0 Å². The van der Waals surface area contributed by atoms with Gasteiger partial charge in [0, 0.05) is 38.8 Å². The second-order valence-corrected chi connectivity index (χ2v) is 5.62. The van der Waals surface area contributed by atoms with Crippen LogP contribution in [0.5, 0.6) is 0 Å². The summed E-state index contributed by atoms with van der Waals surface area (Å²) < 4.78 is 5.16. The molecule has 1 fully saturated rings. The summed E-state index contributed by atoms with van der Waals surface area (Å²) in [5, 5.41) is 3.70. The molecule has 0 saturated carbocycles. The van der Waals surface area contributed by atoms with Gasteiger partial charge >= 0.3 is 0 Å². The number of aromatic nitrogens is 1. The number of rotatable bonds is 5. The van der Waals surface area contributed by atoms with Crippen molar-refractivity contribution in [1.29, 1.82) is 0 Å². The van der Waals surface area contributed by atoms with Crippen LogP contribution in [0.15, 0.2) is 10.6 Å². The number of nitrogens with zero attached hydrogens (tertiary/aromatic N) is 3. The van der Waals surface area contributed by atoms with Gasteiger partial charge in [-0.2, -0.15) is 0 Å². The summed E-state index contributed by atoms with van der Waals surface area (Å²) in [6.07, 6.45) is 0.